The molecule has 3 nitrogen and oxygen atoms in total. The zero-order chi connectivity index (χ0) is 9.42. The van der Waals surface area contributed by atoms with Gasteiger partial charge in [-0.3, -0.25) is 4.79 Å². The molecule has 1 aromatic rings. The topological polar surface area (TPSA) is 48.0 Å². The maximum Gasteiger partial charge on any atom is 0.250 e. The van der Waals surface area contributed by atoms with Crippen molar-refractivity contribution in [3.05, 3.63) is 33.7 Å². The number of hydrogen-bond acceptors (Lipinski definition) is 2. The van der Waals surface area contributed by atoms with Gasteiger partial charge in [-0.05, 0) is 24.8 Å². The number of hydrogen-bond donors (Lipinski definition) is 1. The van der Waals surface area contributed by atoms with Crippen LogP contribution >= 0.6 is 0 Å². The minimum Gasteiger partial charge on any atom is -0.327 e. The molecule has 3 heteroatoms. The van der Waals surface area contributed by atoms with Crippen LogP contribution in [0.3, 0.4) is 0 Å². The fourth-order valence-corrected chi connectivity index (χ4v) is 1.95. The number of nitrogens with zero attached hydrogens (tertiary/aromatic N) is 1. The molecule has 0 saturated heterocycles. The van der Waals surface area contributed by atoms with Crippen molar-refractivity contribution in [2.45, 2.75) is 25.3 Å². The molecule has 13 heavy (non-hydrogen) atoms. The van der Waals surface area contributed by atoms with E-state index in [1.54, 1.807) is 10.6 Å². The monoisotopic (exact) mass is 178 g/mol. The zero-order valence-electron chi connectivity index (χ0n) is 7.79. The molecule has 0 radical (unpaired) electrons. The summed E-state index contributed by atoms with van der Waals surface area (Å²) in [5.74, 6) is 0. The Labute approximate surface area is 77.2 Å². The van der Waals surface area contributed by atoms with E-state index in [4.69, 9.17) is 5.73 Å². The fourth-order valence-electron chi connectivity index (χ4n) is 1.95. The third-order valence-electron chi connectivity index (χ3n) is 2.77. The molecular weight excluding hydrogens is 164 g/mol. The van der Waals surface area contributed by atoms with Crippen molar-refractivity contribution in [2.24, 2.45) is 12.8 Å². The minimum absolute atomic E-state index is 0.0780. The first kappa shape index (κ1) is 8.51. The summed E-state index contributed by atoms with van der Waals surface area (Å²) in [5, 5.41) is 0. The van der Waals surface area contributed by atoms with E-state index in [-0.39, 0.29) is 11.6 Å². The maximum absolute atomic E-state index is 11.3. The standard InChI is InChI=1S/C10H14N2O/c1-12-9-4-3-8(11)6-7(9)2-5-10(12)13/h2,5,8H,3-4,6,11H2,1H3/t8-/m0/s1. The molecule has 1 aliphatic rings. The lowest BCUT2D eigenvalue weighted by Crippen LogP contribution is -2.32. The Bertz CT molecular complexity index is 381. The summed E-state index contributed by atoms with van der Waals surface area (Å²) in [5.41, 5.74) is 8.33. The molecule has 2 N–H and O–H groups in total. The van der Waals surface area contributed by atoms with Gasteiger partial charge in [-0.25, -0.2) is 0 Å². The van der Waals surface area contributed by atoms with Crippen LogP contribution in [0.25, 0.3) is 0 Å². The zero-order valence-corrected chi connectivity index (χ0v) is 7.79. The Hall–Kier alpha value is -1.09. The summed E-state index contributed by atoms with van der Waals surface area (Å²) >= 11 is 0. The molecule has 0 bridgehead atoms. The number of fused-ring (bicyclic) bond motifs is 1. The highest BCUT2D eigenvalue weighted by molar-refractivity contribution is 5.25. The molecule has 0 aliphatic heterocycles. The van der Waals surface area contributed by atoms with Crippen molar-refractivity contribution in [2.75, 3.05) is 0 Å². The van der Waals surface area contributed by atoms with E-state index < -0.39 is 0 Å². The van der Waals surface area contributed by atoms with E-state index in [1.165, 1.54) is 5.56 Å². The Kier molecular flexibility index (Phi) is 1.96. The predicted molar refractivity (Wildman–Crippen MR) is 51.7 cm³/mol. The lowest BCUT2D eigenvalue weighted by Gasteiger charge is -2.22. The molecule has 2 rings (SSSR count). The first-order chi connectivity index (χ1) is 6.18. The van der Waals surface area contributed by atoms with Gasteiger partial charge < -0.3 is 10.3 Å². The number of pyridine rings is 1. The molecule has 1 heterocycles. The smallest absolute Gasteiger partial charge is 0.250 e. The second-order valence-electron chi connectivity index (χ2n) is 3.71. The van der Waals surface area contributed by atoms with E-state index in [0.717, 1.165) is 25.0 Å². The Balaban J connectivity index is 2.53. The quantitative estimate of drug-likeness (QED) is 0.617. The van der Waals surface area contributed by atoms with Crippen LogP contribution in [0.2, 0.25) is 0 Å². The molecule has 1 aromatic heterocycles. The highest BCUT2D eigenvalue weighted by Gasteiger charge is 2.17. The summed E-state index contributed by atoms with van der Waals surface area (Å²) in [6, 6.07) is 3.80. The average molecular weight is 178 g/mol. The van der Waals surface area contributed by atoms with Gasteiger partial charge >= 0.3 is 0 Å². The van der Waals surface area contributed by atoms with Crippen LogP contribution in [0, 0.1) is 0 Å². The number of nitrogens with two attached hydrogens (primary N) is 1. The molecule has 0 aromatic carbocycles. The van der Waals surface area contributed by atoms with Gasteiger partial charge in [0.25, 0.3) is 0 Å². The van der Waals surface area contributed by atoms with Crippen LogP contribution in [0.1, 0.15) is 17.7 Å². The van der Waals surface area contributed by atoms with Crippen molar-refractivity contribution >= 4 is 0 Å². The summed E-state index contributed by atoms with van der Waals surface area (Å²) in [4.78, 5) is 11.3. The molecular formula is C10H14N2O. The second kappa shape index (κ2) is 3.00. The van der Waals surface area contributed by atoms with E-state index in [2.05, 4.69) is 0 Å². The lowest BCUT2D eigenvalue weighted by atomic mass is 9.92. The van der Waals surface area contributed by atoms with E-state index >= 15 is 0 Å². The second-order valence-corrected chi connectivity index (χ2v) is 3.71. The minimum atomic E-state index is 0.0780. The molecule has 1 atom stereocenters. The molecule has 0 spiro atoms. The van der Waals surface area contributed by atoms with Crippen LogP contribution in [-0.4, -0.2) is 10.6 Å². The number of rotatable bonds is 0. The maximum atomic E-state index is 11.3. The van der Waals surface area contributed by atoms with Gasteiger partial charge in [-0.15, -0.1) is 0 Å². The molecule has 0 fully saturated rings. The first-order valence-corrected chi connectivity index (χ1v) is 4.62. The van der Waals surface area contributed by atoms with E-state index in [1.807, 2.05) is 13.1 Å². The van der Waals surface area contributed by atoms with Crippen molar-refractivity contribution in [3.63, 3.8) is 0 Å². The normalized spacial score (nSPS) is 21.2. The van der Waals surface area contributed by atoms with Crippen LogP contribution in [0.15, 0.2) is 16.9 Å². The summed E-state index contributed by atoms with van der Waals surface area (Å²) in [6.45, 7) is 0. The predicted octanol–water partition coefficient (Wildman–Crippen LogP) is 0.201. The van der Waals surface area contributed by atoms with Gasteiger partial charge in [0.05, 0.1) is 0 Å². The van der Waals surface area contributed by atoms with Crippen LogP contribution in [-0.2, 0) is 19.9 Å². The van der Waals surface area contributed by atoms with Crippen LogP contribution in [0.4, 0.5) is 0 Å². The average Bonchev–Trinajstić information content (AvgIpc) is 2.12. The fraction of sp³-hybridized carbons (Fsp3) is 0.500. The van der Waals surface area contributed by atoms with Crippen molar-refractivity contribution in [3.8, 4) is 0 Å². The Morgan fingerprint density at radius 1 is 1.54 bits per heavy atom. The lowest BCUT2D eigenvalue weighted by molar-refractivity contribution is 0.546. The third kappa shape index (κ3) is 1.40. The van der Waals surface area contributed by atoms with E-state index in [0.29, 0.717) is 0 Å². The van der Waals surface area contributed by atoms with Gasteiger partial charge in [0.2, 0.25) is 5.56 Å². The van der Waals surface area contributed by atoms with Crippen molar-refractivity contribution < 1.29 is 0 Å². The molecule has 0 saturated carbocycles. The highest BCUT2D eigenvalue weighted by atomic mass is 16.1. The molecule has 0 amide bonds. The third-order valence-corrected chi connectivity index (χ3v) is 2.77. The van der Waals surface area contributed by atoms with Gasteiger partial charge in [0.1, 0.15) is 0 Å². The van der Waals surface area contributed by atoms with Gasteiger partial charge in [0, 0.05) is 24.8 Å². The largest absolute Gasteiger partial charge is 0.327 e. The van der Waals surface area contributed by atoms with Crippen molar-refractivity contribution in [1.82, 2.24) is 4.57 Å². The summed E-state index contributed by atoms with van der Waals surface area (Å²) in [7, 11) is 1.83. The van der Waals surface area contributed by atoms with Gasteiger partial charge in [0.15, 0.2) is 0 Å². The molecule has 0 unspecified atom stereocenters. The van der Waals surface area contributed by atoms with Gasteiger partial charge in [-0.2, -0.15) is 0 Å². The Morgan fingerprint density at radius 3 is 3.08 bits per heavy atom. The SMILES string of the molecule is Cn1c2c(ccc1=O)C[C@@H](N)CC2. The first-order valence-electron chi connectivity index (χ1n) is 4.62. The summed E-state index contributed by atoms with van der Waals surface area (Å²) < 4.78 is 1.74. The van der Waals surface area contributed by atoms with Crippen molar-refractivity contribution in [1.29, 1.82) is 0 Å². The van der Waals surface area contributed by atoms with Crippen LogP contribution < -0.4 is 11.3 Å². The van der Waals surface area contributed by atoms with Crippen LogP contribution in [0.5, 0.6) is 0 Å². The highest BCUT2D eigenvalue weighted by Crippen LogP contribution is 2.17. The number of aromatic nitrogens is 1. The van der Waals surface area contributed by atoms with E-state index in [9.17, 15) is 4.79 Å². The summed E-state index contributed by atoms with van der Waals surface area (Å²) in [6.07, 6.45) is 2.83. The van der Waals surface area contributed by atoms with Gasteiger partial charge in [-0.1, -0.05) is 6.07 Å². The molecule has 70 valence electrons. The Morgan fingerprint density at radius 2 is 2.31 bits per heavy atom. The molecule has 1 aliphatic carbocycles.